The third kappa shape index (κ3) is 4.13. The molecule has 0 saturated heterocycles. The summed E-state index contributed by atoms with van der Waals surface area (Å²) in [6.45, 7) is 0. The number of esters is 1. The highest BCUT2D eigenvalue weighted by Crippen LogP contribution is 1.87. The third-order valence-corrected chi connectivity index (χ3v) is 0.815. The van der Waals surface area contributed by atoms with Crippen LogP contribution in [0.1, 0.15) is 6.42 Å². The number of carbonyl (C=O) groups excluding carboxylic acids is 1. The van der Waals surface area contributed by atoms with Gasteiger partial charge in [-0.2, -0.15) is 5.26 Å². The van der Waals surface area contributed by atoms with E-state index in [4.69, 9.17) is 11.0 Å². The number of carbonyl (C=O) groups is 1. The predicted molar refractivity (Wildman–Crippen MR) is 37.5 cm³/mol. The van der Waals surface area contributed by atoms with E-state index in [0.29, 0.717) is 0 Å². The molecule has 0 bridgehead atoms. The maximum absolute atomic E-state index is 10.4. The first-order valence-corrected chi connectivity index (χ1v) is 2.42. The van der Waals surface area contributed by atoms with E-state index in [-0.39, 0.29) is 18.8 Å². The highest BCUT2D eigenvalue weighted by atomic mass is 35.5. The molecule has 1 atom stereocenters. The van der Waals surface area contributed by atoms with E-state index in [9.17, 15) is 4.79 Å². The average Bonchev–Trinajstić information content (AvgIpc) is 1.87. The summed E-state index contributed by atoms with van der Waals surface area (Å²) in [7, 11) is 1.24. The lowest BCUT2D eigenvalue weighted by molar-refractivity contribution is -0.142. The van der Waals surface area contributed by atoms with Crippen molar-refractivity contribution >= 4 is 18.4 Å². The van der Waals surface area contributed by atoms with Crippen LogP contribution in [-0.4, -0.2) is 19.1 Å². The van der Waals surface area contributed by atoms with Gasteiger partial charge in [0.05, 0.1) is 19.6 Å². The number of hydrogen-bond acceptors (Lipinski definition) is 4. The Morgan fingerprint density at radius 3 is 2.70 bits per heavy atom. The predicted octanol–water partition coefficient (Wildman–Crippen LogP) is -0.178. The summed E-state index contributed by atoms with van der Waals surface area (Å²) in [4.78, 5) is 10.4. The Hall–Kier alpha value is -0.790. The standard InChI is InChI=1S/C5H8N2O2.ClH/c1-9-5(8)4(7)2-3-6;/h4H,2,7H2,1H3;1H/t4-;/m0./s1. The molecule has 10 heavy (non-hydrogen) atoms. The van der Waals surface area contributed by atoms with Gasteiger partial charge in [-0.1, -0.05) is 0 Å². The van der Waals surface area contributed by atoms with E-state index in [1.807, 2.05) is 0 Å². The Morgan fingerprint density at radius 2 is 2.40 bits per heavy atom. The van der Waals surface area contributed by atoms with Gasteiger partial charge in [-0.3, -0.25) is 4.79 Å². The van der Waals surface area contributed by atoms with Crippen molar-refractivity contribution in [2.24, 2.45) is 5.73 Å². The molecular formula is C5H9ClN2O2. The normalized spacial score (nSPS) is 10.5. The Bertz CT molecular complexity index is 143. The minimum atomic E-state index is -0.792. The lowest BCUT2D eigenvalue weighted by Gasteiger charge is -2.01. The molecular weight excluding hydrogens is 156 g/mol. The van der Waals surface area contributed by atoms with Crippen molar-refractivity contribution in [3.05, 3.63) is 0 Å². The Morgan fingerprint density at radius 1 is 1.90 bits per heavy atom. The zero-order valence-corrected chi connectivity index (χ0v) is 6.35. The van der Waals surface area contributed by atoms with Gasteiger partial charge in [0.15, 0.2) is 0 Å². The quantitative estimate of drug-likeness (QED) is 0.575. The van der Waals surface area contributed by atoms with Crippen LogP contribution in [0.2, 0.25) is 0 Å². The number of ether oxygens (including phenoxy) is 1. The number of rotatable bonds is 2. The average molecular weight is 165 g/mol. The molecule has 0 heterocycles. The van der Waals surface area contributed by atoms with E-state index in [1.165, 1.54) is 7.11 Å². The molecule has 0 saturated carbocycles. The fourth-order valence-corrected chi connectivity index (χ4v) is 0.333. The maximum atomic E-state index is 10.4. The molecule has 4 nitrogen and oxygen atoms in total. The molecule has 0 aromatic carbocycles. The van der Waals surface area contributed by atoms with Crippen LogP contribution in [0.25, 0.3) is 0 Å². The van der Waals surface area contributed by atoms with Crippen molar-refractivity contribution in [2.45, 2.75) is 12.5 Å². The molecule has 0 radical (unpaired) electrons. The van der Waals surface area contributed by atoms with Crippen molar-refractivity contribution < 1.29 is 9.53 Å². The summed E-state index contributed by atoms with van der Waals surface area (Å²) in [6, 6.07) is 0.965. The number of methoxy groups -OCH3 is 1. The summed E-state index contributed by atoms with van der Waals surface area (Å²) in [5, 5.41) is 8.04. The fraction of sp³-hybridized carbons (Fsp3) is 0.600. The zero-order valence-electron chi connectivity index (χ0n) is 5.53. The molecule has 0 aromatic rings. The first kappa shape index (κ1) is 11.9. The Balaban J connectivity index is 0. The van der Waals surface area contributed by atoms with Gasteiger partial charge < -0.3 is 10.5 Å². The van der Waals surface area contributed by atoms with Crippen LogP contribution in [0.5, 0.6) is 0 Å². The van der Waals surface area contributed by atoms with Gasteiger partial charge in [0.25, 0.3) is 0 Å². The van der Waals surface area contributed by atoms with E-state index in [1.54, 1.807) is 6.07 Å². The lowest BCUT2D eigenvalue weighted by atomic mass is 10.2. The zero-order chi connectivity index (χ0) is 7.28. The van der Waals surface area contributed by atoms with E-state index < -0.39 is 12.0 Å². The summed E-state index contributed by atoms with van der Waals surface area (Å²) in [5.41, 5.74) is 5.14. The van der Waals surface area contributed by atoms with Gasteiger partial charge in [-0.15, -0.1) is 12.4 Å². The van der Waals surface area contributed by atoms with Crippen LogP contribution >= 0.6 is 12.4 Å². The van der Waals surface area contributed by atoms with Crippen molar-refractivity contribution in [2.75, 3.05) is 7.11 Å². The number of halogens is 1. The van der Waals surface area contributed by atoms with E-state index in [0.717, 1.165) is 0 Å². The largest absolute Gasteiger partial charge is 0.468 e. The highest BCUT2D eigenvalue weighted by molar-refractivity contribution is 5.85. The first-order chi connectivity index (χ1) is 4.22. The van der Waals surface area contributed by atoms with E-state index in [2.05, 4.69) is 4.74 Å². The van der Waals surface area contributed by atoms with Crippen molar-refractivity contribution in [1.82, 2.24) is 0 Å². The molecule has 0 aliphatic rings. The third-order valence-electron chi connectivity index (χ3n) is 0.815. The minimum Gasteiger partial charge on any atom is -0.468 e. The number of hydrogen-bond donors (Lipinski definition) is 1. The van der Waals surface area contributed by atoms with Crippen molar-refractivity contribution in [3.8, 4) is 6.07 Å². The minimum absolute atomic E-state index is 0. The van der Waals surface area contributed by atoms with Crippen LogP contribution in [-0.2, 0) is 9.53 Å². The second-order valence-corrected chi connectivity index (χ2v) is 1.49. The first-order valence-electron chi connectivity index (χ1n) is 2.42. The van der Waals surface area contributed by atoms with Gasteiger partial charge in [0, 0.05) is 0 Å². The molecule has 0 amide bonds. The second kappa shape index (κ2) is 6.33. The number of nitriles is 1. The second-order valence-electron chi connectivity index (χ2n) is 1.49. The Labute approximate surface area is 65.4 Å². The van der Waals surface area contributed by atoms with Crippen LogP contribution in [0.15, 0.2) is 0 Å². The molecule has 58 valence electrons. The summed E-state index contributed by atoms with van der Waals surface area (Å²) >= 11 is 0. The number of nitrogens with two attached hydrogens (primary N) is 1. The Kier molecular flexibility index (Phi) is 7.56. The van der Waals surface area contributed by atoms with Crippen LogP contribution < -0.4 is 5.73 Å². The molecule has 0 aliphatic heterocycles. The van der Waals surface area contributed by atoms with Crippen LogP contribution in [0.3, 0.4) is 0 Å². The lowest BCUT2D eigenvalue weighted by Crippen LogP contribution is -2.30. The number of nitrogens with zero attached hydrogens (tertiary/aromatic N) is 1. The molecule has 0 fully saturated rings. The fourth-order valence-electron chi connectivity index (χ4n) is 0.333. The molecule has 2 N–H and O–H groups in total. The molecule has 0 spiro atoms. The highest BCUT2D eigenvalue weighted by Gasteiger charge is 2.11. The van der Waals surface area contributed by atoms with Crippen molar-refractivity contribution in [3.63, 3.8) is 0 Å². The molecule has 5 heteroatoms. The molecule has 0 rings (SSSR count). The topological polar surface area (TPSA) is 76.1 Å². The van der Waals surface area contributed by atoms with Gasteiger partial charge >= 0.3 is 5.97 Å². The monoisotopic (exact) mass is 164 g/mol. The van der Waals surface area contributed by atoms with Crippen molar-refractivity contribution in [1.29, 1.82) is 5.26 Å². The summed E-state index contributed by atoms with van der Waals surface area (Å²) < 4.78 is 4.25. The summed E-state index contributed by atoms with van der Waals surface area (Å²) in [5.74, 6) is -0.545. The van der Waals surface area contributed by atoms with Gasteiger partial charge in [-0.25, -0.2) is 0 Å². The van der Waals surface area contributed by atoms with Crippen LogP contribution in [0, 0.1) is 11.3 Å². The maximum Gasteiger partial charge on any atom is 0.323 e. The van der Waals surface area contributed by atoms with Gasteiger partial charge in [-0.05, 0) is 0 Å². The molecule has 0 unspecified atom stereocenters. The van der Waals surface area contributed by atoms with Crippen LogP contribution in [0.4, 0.5) is 0 Å². The molecule has 0 aromatic heterocycles. The smallest absolute Gasteiger partial charge is 0.323 e. The van der Waals surface area contributed by atoms with Gasteiger partial charge in [0.1, 0.15) is 6.04 Å². The van der Waals surface area contributed by atoms with Gasteiger partial charge in [0.2, 0.25) is 0 Å². The molecule has 0 aliphatic carbocycles. The SMILES string of the molecule is COC(=O)[C@@H](N)CC#N.Cl. The van der Waals surface area contributed by atoms with E-state index >= 15 is 0 Å². The summed E-state index contributed by atoms with van der Waals surface area (Å²) in [6.07, 6.45) is 0.00662.